The number of hydrogen-bond acceptors (Lipinski definition) is 3. The number of aromatic nitrogens is 2. The van der Waals surface area contributed by atoms with Gasteiger partial charge in [0.15, 0.2) is 0 Å². The van der Waals surface area contributed by atoms with E-state index in [0.29, 0.717) is 6.42 Å². The van der Waals surface area contributed by atoms with Crippen LogP contribution in [-0.4, -0.2) is 24.1 Å². The lowest BCUT2D eigenvalue weighted by atomic mass is 10.3. The average molecular weight is 249 g/mol. The van der Waals surface area contributed by atoms with E-state index >= 15 is 0 Å². The van der Waals surface area contributed by atoms with Gasteiger partial charge in [-0.1, -0.05) is 0 Å². The molecule has 0 aromatic carbocycles. The molecule has 0 radical (unpaired) electrons. The molecule has 0 unspecified atom stereocenters. The largest absolute Gasteiger partial charge is 0.397 e. The van der Waals surface area contributed by atoms with Crippen LogP contribution in [0.1, 0.15) is 18.7 Å². The molecule has 0 aliphatic carbocycles. The quantitative estimate of drug-likeness (QED) is 0.445. The van der Waals surface area contributed by atoms with Gasteiger partial charge in [0, 0.05) is 6.92 Å². The summed E-state index contributed by atoms with van der Waals surface area (Å²) in [5, 5.41) is 0. The minimum Gasteiger partial charge on any atom is -0.264 e. The van der Waals surface area contributed by atoms with Crippen molar-refractivity contribution in [1.29, 1.82) is 0 Å². The third-order valence-electron chi connectivity index (χ3n) is 2.42. The Bertz CT molecular complexity index is 438. The van der Waals surface area contributed by atoms with E-state index < -0.39 is 10.4 Å². The Hall–Kier alpha value is -0.920. The minimum atomic E-state index is -4.28. The molecule has 6 nitrogen and oxygen atoms in total. The monoisotopic (exact) mass is 249 g/mol. The molecule has 0 bridgehead atoms. The summed E-state index contributed by atoms with van der Waals surface area (Å²) >= 11 is 0. The molecule has 0 fully saturated rings. The lowest BCUT2D eigenvalue weighted by Gasteiger charge is -2.00. The highest BCUT2D eigenvalue weighted by molar-refractivity contribution is 7.80. The minimum absolute atomic E-state index is 0.0191. The SMILES string of the molecule is Cc1n(C)cc[n+]1CCCCOS(=O)(=O)O. The maximum atomic E-state index is 10.2. The maximum Gasteiger partial charge on any atom is 0.397 e. The van der Waals surface area contributed by atoms with Crippen LogP contribution < -0.4 is 4.57 Å². The van der Waals surface area contributed by atoms with Crippen molar-refractivity contribution >= 4 is 10.4 Å². The second kappa shape index (κ2) is 5.42. The van der Waals surface area contributed by atoms with E-state index in [1.807, 2.05) is 30.9 Å². The molecule has 0 saturated heterocycles. The molecule has 0 atom stereocenters. The van der Waals surface area contributed by atoms with Crippen molar-refractivity contribution in [2.24, 2.45) is 7.05 Å². The Morgan fingerprint density at radius 1 is 1.50 bits per heavy atom. The Kier molecular flexibility index (Phi) is 4.45. The van der Waals surface area contributed by atoms with Gasteiger partial charge in [0.25, 0.3) is 5.82 Å². The van der Waals surface area contributed by atoms with Gasteiger partial charge in [-0.3, -0.25) is 4.55 Å². The fourth-order valence-corrected chi connectivity index (χ4v) is 1.71. The molecule has 1 rings (SSSR count). The van der Waals surface area contributed by atoms with Gasteiger partial charge in [0.2, 0.25) is 0 Å². The van der Waals surface area contributed by atoms with E-state index in [1.54, 1.807) is 0 Å². The number of nitrogens with zero attached hydrogens (tertiary/aromatic N) is 2. The summed E-state index contributed by atoms with van der Waals surface area (Å²) in [4.78, 5) is 0. The Morgan fingerprint density at radius 3 is 2.69 bits per heavy atom. The number of rotatable bonds is 6. The van der Waals surface area contributed by atoms with Crippen molar-refractivity contribution in [3.8, 4) is 0 Å². The standard InChI is InChI=1S/C9H16N2O4S/c1-9-10(2)6-7-11(9)5-3-4-8-15-16(12,13)14/h6-7H,3-5,8H2,1-2H3/p+1. The molecular formula is C9H17N2O4S+. The van der Waals surface area contributed by atoms with Crippen LogP contribution in [0.15, 0.2) is 12.4 Å². The van der Waals surface area contributed by atoms with Crippen LogP contribution in [0.4, 0.5) is 0 Å². The topological polar surface area (TPSA) is 72.4 Å². The predicted octanol–water partition coefficient (Wildman–Crippen LogP) is 0.221. The highest BCUT2D eigenvalue weighted by Gasteiger charge is 2.08. The lowest BCUT2D eigenvalue weighted by Crippen LogP contribution is -2.35. The van der Waals surface area contributed by atoms with Gasteiger partial charge in [-0.15, -0.1) is 0 Å². The molecule has 1 N–H and O–H groups in total. The molecule has 1 aromatic rings. The summed E-state index contributed by atoms with van der Waals surface area (Å²) in [6, 6.07) is 0. The molecule has 1 heterocycles. The Labute approximate surface area is 95.4 Å². The highest BCUT2D eigenvalue weighted by Crippen LogP contribution is 1.96. The van der Waals surface area contributed by atoms with Crippen molar-refractivity contribution in [3.63, 3.8) is 0 Å². The zero-order chi connectivity index (χ0) is 12.2. The molecule has 0 aliphatic rings. The number of imidazole rings is 1. The second-order valence-electron chi connectivity index (χ2n) is 3.61. The van der Waals surface area contributed by atoms with E-state index in [1.165, 1.54) is 0 Å². The van der Waals surface area contributed by atoms with Crippen LogP contribution in [-0.2, 0) is 28.2 Å². The van der Waals surface area contributed by atoms with Crippen LogP contribution in [0, 0.1) is 6.92 Å². The number of unbranched alkanes of at least 4 members (excludes halogenated alkanes) is 1. The van der Waals surface area contributed by atoms with Crippen LogP contribution in [0.3, 0.4) is 0 Å². The first-order valence-corrected chi connectivity index (χ1v) is 6.40. The fourth-order valence-electron chi connectivity index (χ4n) is 1.38. The van der Waals surface area contributed by atoms with Gasteiger partial charge in [0.1, 0.15) is 12.4 Å². The van der Waals surface area contributed by atoms with Gasteiger partial charge in [-0.25, -0.2) is 13.3 Å². The van der Waals surface area contributed by atoms with Crippen molar-refractivity contribution in [2.75, 3.05) is 6.61 Å². The molecule has 0 saturated carbocycles. The van der Waals surface area contributed by atoms with Crippen molar-refractivity contribution in [2.45, 2.75) is 26.3 Å². The van der Waals surface area contributed by atoms with Crippen molar-refractivity contribution in [1.82, 2.24) is 4.57 Å². The zero-order valence-electron chi connectivity index (χ0n) is 9.46. The summed E-state index contributed by atoms with van der Waals surface area (Å²) < 4.78 is 37.1. The van der Waals surface area contributed by atoms with E-state index in [-0.39, 0.29) is 6.61 Å². The van der Waals surface area contributed by atoms with Crippen LogP contribution in [0.5, 0.6) is 0 Å². The summed E-state index contributed by atoms with van der Waals surface area (Å²) in [5.74, 6) is 1.13. The number of aryl methyl sites for hydroxylation is 2. The van der Waals surface area contributed by atoms with Crippen LogP contribution in [0.2, 0.25) is 0 Å². The van der Waals surface area contributed by atoms with Crippen LogP contribution >= 0.6 is 0 Å². The van der Waals surface area contributed by atoms with Gasteiger partial charge in [0.05, 0.1) is 20.2 Å². The molecule has 0 amide bonds. The third kappa shape index (κ3) is 4.30. The van der Waals surface area contributed by atoms with Crippen molar-refractivity contribution in [3.05, 3.63) is 18.2 Å². The average Bonchev–Trinajstić information content (AvgIpc) is 2.47. The zero-order valence-corrected chi connectivity index (χ0v) is 10.3. The fraction of sp³-hybridized carbons (Fsp3) is 0.667. The molecule has 16 heavy (non-hydrogen) atoms. The highest BCUT2D eigenvalue weighted by atomic mass is 32.3. The summed E-state index contributed by atoms with van der Waals surface area (Å²) in [6.07, 6.45) is 5.31. The van der Waals surface area contributed by atoms with Gasteiger partial charge in [-0.2, -0.15) is 8.42 Å². The first kappa shape index (κ1) is 13.1. The first-order valence-electron chi connectivity index (χ1n) is 5.03. The number of hydrogen-bond donors (Lipinski definition) is 1. The van der Waals surface area contributed by atoms with E-state index in [9.17, 15) is 8.42 Å². The van der Waals surface area contributed by atoms with Crippen LogP contribution in [0.25, 0.3) is 0 Å². The van der Waals surface area contributed by atoms with Crippen molar-refractivity contribution < 1.29 is 21.7 Å². The first-order chi connectivity index (χ1) is 7.40. The van der Waals surface area contributed by atoms with E-state index in [0.717, 1.165) is 18.8 Å². The predicted molar refractivity (Wildman–Crippen MR) is 57.1 cm³/mol. The van der Waals surface area contributed by atoms with E-state index in [2.05, 4.69) is 8.75 Å². The van der Waals surface area contributed by atoms with Gasteiger partial charge in [-0.05, 0) is 12.8 Å². The normalized spacial score (nSPS) is 11.9. The summed E-state index contributed by atoms with van der Waals surface area (Å²) in [6.45, 7) is 2.83. The summed E-state index contributed by atoms with van der Waals surface area (Å²) in [5.41, 5.74) is 0. The summed E-state index contributed by atoms with van der Waals surface area (Å²) in [7, 11) is -2.32. The Balaban J connectivity index is 2.24. The smallest absolute Gasteiger partial charge is 0.264 e. The van der Waals surface area contributed by atoms with Gasteiger partial charge < -0.3 is 0 Å². The second-order valence-corrected chi connectivity index (χ2v) is 4.70. The third-order valence-corrected chi connectivity index (χ3v) is 2.89. The maximum absolute atomic E-state index is 10.2. The molecule has 92 valence electrons. The Morgan fingerprint density at radius 2 is 2.19 bits per heavy atom. The molecule has 0 spiro atoms. The molecule has 1 aromatic heterocycles. The van der Waals surface area contributed by atoms with Gasteiger partial charge >= 0.3 is 10.4 Å². The lowest BCUT2D eigenvalue weighted by molar-refractivity contribution is -0.702. The molecule has 7 heteroatoms. The van der Waals surface area contributed by atoms with E-state index in [4.69, 9.17) is 4.55 Å². The molecule has 0 aliphatic heterocycles. The molecular weight excluding hydrogens is 232 g/mol.